The first-order valence-corrected chi connectivity index (χ1v) is 12.6. The number of para-hydroxylation sites is 1. The highest BCUT2D eigenvalue weighted by molar-refractivity contribution is 7.90. The summed E-state index contributed by atoms with van der Waals surface area (Å²) in [6, 6.07) is 7.09. The number of morpholine rings is 1. The van der Waals surface area contributed by atoms with Crippen molar-refractivity contribution in [3.8, 4) is 0 Å². The van der Waals surface area contributed by atoms with Gasteiger partial charge in [0.15, 0.2) is 9.84 Å². The lowest BCUT2D eigenvalue weighted by Crippen LogP contribution is -2.40. The lowest BCUT2D eigenvalue weighted by Gasteiger charge is -2.29. The molecule has 1 saturated heterocycles. The molecule has 0 radical (unpaired) electrons. The van der Waals surface area contributed by atoms with Gasteiger partial charge in [0, 0.05) is 32.0 Å². The Kier molecular flexibility index (Phi) is 6.15. The van der Waals surface area contributed by atoms with Crippen molar-refractivity contribution in [3.05, 3.63) is 57.6 Å². The van der Waals surface area contributed by atoms with Crippen LogP contribution in [0.3, 0.4) is 0 Å². The second-order valence-corrected chi connectivity index (χ2v) is 10.4. The van der Waals surface area contributed by atoms with Gasteiger partial charge in [-0.05, 0) is 37.6 Å². The molecule has 33 heavy (non-hydrogen) atoms. The number of ether oxygens (including phenoxy) is 1. The van der Waals surface area contributed by atoms with Crippen molar-refractivity contribution in [1.29, 1.82) is 0 Å². The van der Waals surface area contributed by atoms with Crippen LogP contribution >= 0.6 is 0 Å². The van der Waals surface area contributed by atoms with Crippen molar-refractivity contribution in [3.63, 3.8) is 0 Å². The van der Waals surface area contributed by atoms with Crippen molar-refractivity contribution in [2.75, 3.05) is 42.8 Å². The number of anilines is 2. The normalized spacial score (nSPS) is 15.6. The van der Waals surface area contributed by atoms with E-state index in [1.54, 1.807) is 20.0 Å². The van der Waals surface area contributed by atoms with E-state index in [0.29, 0.717) is 48.7 Å². The molecule has 0 bridgehead atoms. The number of fused-ring (bicyclic) bond motifs is 1. The Labute approximate surface area is 191 Å². The summed E-state index contributed by atoms with van der Waals surface area (Å²) in [6.45, 7) is 6.00. The van der Waals surface area contributed by atoms with Gasteiger partial charge in [0.2, 0.25) is 5.95 Å². The lowest BCUT2D eigenvalue weighted by molar-refractivity contribution is 0.121. The van der Waals surface area contributed by atoms with E-state index in [4.69, 9.17) is 9.72 Å². The third kappa shape index (κ3) is 4.45. The number of aryl methyl sites for hydroxylation is 1. The fraction of sp³-hybridized carbons (Fsp3) is 0.391. The largest absolute Gasteiger partial charge is 0.378 e. The van der Waals surface area contributed by atoms with Crippen molar-refractivity contribution in [1.82, 2.24) is 9.55 Å². The molecule has 1 aliphatic rings. The quantitative estimate of drug-likeness (QED) is 0.608. The molecule has 8 nitrogen and oxygen atoms in total. The summed E-state index contributed by atoms with van der Waals surface area (Å²) in [5.41, 5.74) is 1.75. The summed E-state index contributed by atoms with van der Waals surface area (Å²) >= 11 is 0. The predicted molar refractivity (Wildman–Crippen MR) is 126 cm³/mol. The van der Waals surface area contributed by atoms with Crippen LogP contribution in [0, 0.1) is 12.7 Å². The molecule has 1 aromatic heterocycles. The average Bonchev–Trinajstić information content (AvgIpc) is 2.77. The van der Waals surface area contributed by atoms with Gasteiger partial charge in [0.1, 0.15) is 5.82 Å². The number of aromatic nitrogens is 2. The van der Waals surface area contributed by atoms with E-state index in [9.17, 15) is 17.6 Å². The molecule has 0 unspecified atom stereocenters. The number of hydrogen-bond donors (Lipinski definition) is 1. The second-order valence-electron chi connectivity index (χ2n) is 8.38. The van der Waals surface area contributed by atoms with Crippen LogP contribution in [0.5, 0.6) is 0 Å². The summed E-state index contributed by atoms with van der Waals surface area (Å²) in [5, 5.41) is 3.47. The minimum Gasteiger partial charge on any atom is -0.378 e. The van der Waals surface area contributed by atoms with Gasteiger partial charge in [-0.15, -0.1) is 0 Å². The van der Waals surface area contributed by atoms with E-state index in [0.717, 1.165) is 11.8 Å². The first-order valence-electron chi connectivity index (χ1n) is 10.7. The zero-order valence-electron chi connectivity index (χ0n) is 19.1. The zero-order valence-corrected chi connectivity index (χ0v) is 19.9. The smallest absolute Gasteiger partial charge is 0.262 e. The van der Waals surface area contributed by atoms with Crippen LogP contribution in [0.2, 0.25) is 0 Å². The van der Waals surface area contributed by atoms with Crippen LogP contribution < -0.4 is 15.8 Å². The second kappa shape index (κ2) is 8.75. The first kappa shape index (κ1) is 23.2. The van der Waals surface area contributed by atoms with Gasteiger partial charge in [-0.25, -0.2) is 17.8 Å². The average molecular weight is 475 g/mol. The molecule has 3 aromatic rings. The van der Waals surface area contributed by atoms with E-state index in [1.807, 2.05) is 17.9 Å². The zero-order chi connectivity index (χ0) is 23.9. The molecule has 0 saturated carbocycles. The SMILES string of the molecule is Cc1cc([C@@H](C)Nc2c(F)cccc2S(C)(=O)=O)c2nc(N3CCOCC3)n(C)c(=O)c2c1. The molecular formula is C23H27FN4O4S. The number of sulfone groups is 1. The van der Waals surface area contributed by atoms with Gasteiger partial charge < -0.3 is 15.0 Å². The summed E-state index contributed by atoms with van der Waals surface area (Å²) in [5.74, 6) is -0.129. The maximum Gasteiger partial charge on any atom is 0.262 e. The molecule has 10 heteroatoms. The summed E-state index contributed by atoms with van der Waals surface area (Å²) < 4.78 is 46.0. The van der Waals surface area contributed by atoms with E-state index in [1.165, 1.54) is 22.8 Å². The van der Waals surface area contributed by atoms with Crippen LogP contribution in [0.1, 0.15) is 24.1 Å². The van der Waals surface area contributed by atoms with Crippen molar-refractivity contribution in [2.24, 2.45) is 7.05 Å². The molecule has 1 aliphatic heterocycles. The van der Waals surface area contributed by atoms with E-state index >= 15 is 0 Å². The van der Waals surface area contributed by atoms with Gasteiger partial charge in [-0.2, -0.15) is 0 Å². The van der Waals surface area contributed by atoms with Gasteiger partial charge >= 0.3 is 0 Å². The van der Waals surface area contributed by atoms with Crippen molar-refractivity contribution in [2.45, 2.75) is 24.8 Å². The number of halogens is 1. The Morgan fingerprint density at radius 2 is 1.91 bits per heavy atom. The standard InChI is InChI=1S/C23H27FN4O4S/c1-14-12-16(15(2)25-21-18(24)6-5-7-19(21)33(4,30)31)20-17(13-14)22(29)27(3)23(26-20)28-8-10-32-11-9-28/h5-7,12-13,15,25H,8-11H2,1-4H3/t15-/m1/s1. The molecule has 1 fully saturated rings. The number of benzene rings is 2. The Hall–Kier alpha value is -2.98. The highest BCUT2D eigenvalue weighted by Gasteiger charge is 2.23. The highest BCUT2D eigenvalue weighted by Crippen LogP contribution is 2.31. The van der Waals surface area contributed by atoms with Crippen LogP contribution in [0.15, 0.2) is 40.0 Å². The van der Waals surface area contributed by atoms with E-state index in [-0.39, 0.29) is 16.1 Å². The molecule has 0 spiro atoms. The number of nitrogens with one attached hydrogen (secondary N) is 1. The van der Waals surface area contributed by atoms with Crippen LogP contribution in [0.25, 0.3) is 10.9 Å². The van der Waals surface area contributed by atoms with E-state index < -0.39 is 21.7 Å². The van der Waals surface area contributed by atoms with Crippen molar-refractivity contribution >= 4 is 32.4 Å². The van der Waals surface area contributed by atoms with Gasteiger partial charge in [0.05, 0.1) is 40.7 Å². The topological polar surface area (TPSA) is 93.5 Å². The Bertz CT molecular complexity index is 1380. The molecule has 0 amide bonds. The molecule has 4 rings (SSSR count). The van der Waals surface area contributed by atoms with Gasteiger partial charge in [-0.1, -0.05) is 12.1 Å². The predicted octanol–water partition coefficient (Wildman–Crippen LogP) is 2.79. The molecule has 1 N–H and O–H groups in total. The van der Waals surface area contributed by atoms with Gasteiger partial charge in [0.25, 0.3) is 5.56 Å². The fourth-order valence-electron chi connectivity index (χ4n) is 4.17. The van der Waals surface area contributed by atoms with Crippen LogP contribution in [0.4, 0.5) is 16.0 Å². The van der Waals surface area contributed by atoms with Crippen LogP contribution in [-0.2, 0) is 21.6 Å². The first-order chi connectivity index (χ1) is 15.6. The molecule has 1 atom stereocenters. The summed E-state index contributed by atoms with van der Waals surface area (Å²) in [7, 11) is -1.96. The minimum atomic E-state index is -3.66. The van der Waals surface area contributed by atoms with E-state index in [2.05, 4.69) is 5.32 Å². The maximum atomic E-state index is 14.7. The summed E-state index contributed by atoms with van der Waals surface area (Å²) in [6.07, 6.45) is 1.04. The molecule has 2 aromatic carbocycles. The summed E-state index contributed by atoms with van der Waals surface area (Å²) in [4.78, 5) is 19.9. The van der Waals surface area contributed by atoms with Crippen molar-refractivity contribution < 1.29 is 17.5 Å². The number of nitrogens with zero attached hydrogens (tertiary/aromatic N) is 3. The number of hydrogen-bond acceptors (Lipinski definition) is 7. The maximum absolute atomic E-state index is 14.7. The fourth-order valence-corrected chi connectivity index (χ4v) is 5.02. The third-order valence-corrected chi connectivity index (χ3v) is 6.97. The molecular weight excluding hydrogens is 447 g/mol. The van der Waals surface area contributed by atoms with Crippen LogP contribution in [-0.4, -0.2) is 50.5 Å². The molecule has 0 aliphatic carbocycles. The third-order valence-electron chi connectivity index (χ3n) is 5.83. The monoisotopic (exact) mass is 474 g/mol. The molecule has 176 valence electrons. The highest BCUT2D eigenvalue weighted by atomic mass is 32.2. The molecule has 2 heterocycles. The Balaban J connectivity index is 1.86. The lowest BCUT2D eigenvalue weighted by atomic mass is 10.0. The Morgan fingerprint density at radius 1 is 1.21 bits per heavy atom. The number of rotatable bonds is 5. The Morgan fingerprint density at radius 3 is 2.58 bits per heavy atom. The minimum absolute atomic E-state index is 0.0978. The van der Waals surface area contributed by atoms with Gasteiger partial charge in [-0.3, -0.25) is 9.36 Å².